The van der Waals surface area contributed by atoms with Crippen LogP contribution in [0.2, 0.25) is 5.02 Å². The molecule has 0 saturated carbocycles. The van der Waals surface area contributed by atoms with E-state index in [-0.39, 0.29) is 22.4 Å². The van der Waals surface area contributed by atoms with Crippen molar-refractivity contribution >= 4 is 29.1 Å². The molecule has 1 amide bonds. The van der Waals surface area contributed by atoms with Gasteiger partial charge in [-0.05, 0) is 45.0 Å². The Hall–Kier alpha value is -2.35. The minimum Gasteiger partial charge on any atom is -0.346 e. The molecule has 1 heterocycles. The minimum absolute atomic E-state index is 0.0370. The number of halogens is 4. The zero-order chi connectivity index (χ0) is 18.8. The molecule has 0 bridgehead atoms. The predicted octanol–water partition coefficient (Wildman–Crippen LogP) is 4.42. The van der Waals surface area contributed by atoms with Gasteiger partial charge in [0, 0.05) is 16.8 Å². The second kappa shape index (κ2) is 6.87. The van der Waals surface area contributed by atoms with Crippen molar-refractivity contribution in [3.05, 3.63) is 46.7 Å². The van der Waals surface area contributed by atoms with Crippen LogP contribution in [0.4, 0.5) is 24.8 Å². The highest BCUT2D eigenvalue weighted by Gasteiger charge is 2.34. The number of carbonyl (C=O) groups excluding carboxylic acids is 1. The molecule has 134 valence electrons. The molecular formula is C16H16ClF3N4O. The first-order chi connectivity index (χ1) is 11.5. The fourth-order valence-electron chi connectivity index (χ4n) is 1.93. The van der Waals surface area contributed by atoms with Gasteiger partial charge in [-0.25, -0.2) is 9.97 Å². The highest BCUT2D eigenvalue weighted by Crippen LogP contribution is 2.37. The Morgan fingerprint density at radius 2 is 1.84 bits per heavy atom. The molecule has 5 nitrogen and oxygen atoms in total. The van der Waals surface area contributed by atoms with E-state index < -0.39 is 23.2 Å². The van der Waals surface area contributed by atoms with E-state index in [0.29, 0.717) is 0 Å². The van der Waals surface area contributed by atoms with Gasteiger partial charge in [-0.2, -0.15) is 13.2 Å². The molecule has 0 atom stereocenters. The Bertz CT molecular complexity index is 788. The van der Waals surface area contributed by atoms with Gasteiger partial charge < -0.3 is 10.6 Å². The van der Waals surface area contributed by atoms with Crippen LogP contribution < -0.4 is 10.6 Å². The van der Waals surface area contributed by atoms with Crippen LogP contribution >= 0.6 is 11.6 Å². The average Bonchev–Trinajstić information content (AvgIpc) is 2.46. The van der Waals surface area contributed by atoms with Gasteiger partial charge in [0.15, 0.2) is 0 Å². The SMILES string of the molecule is CC(C)(C)NC(=O)c1ccnc(Nc2ccc(Cl)cc2C(F)(F)F)n1. The summed E-state index contributed by atoms with van der Waals surface area (Å²) in [6, 6.07) is 4.67. The summed E-state index contributed by atoms with van der Waals surface area (Å²) in [6.07, 6.45) is -3.31. The third-order valence-corrected chi connectivity index (χ3v) is 3.15. The summed E-state index contributed by atoms with van der Waals surface area (Å²) in [6.45, 7) is 5.40. The Balaban J connectivity index is 2.31. The van der Waals surface area contributed by atoms with Crippen LogP contribution in [0.1, 0.15) is 36.8 Å². The number of benzene rings is 1. The molecule has 25 heavy (non-hydrogen) atoms. The van der Waals surface area contributed by atoms with E-state index in [9.17, 15) is 18.0 Å². The molecule has 2 rings (SSSR count). The van der Waals surface area contributed by atoms with Gasteiger partial charge in [-0.15, -0.1) is 0 Å². The number of hydrogen-bond acceptors (Lipinski definition) is 4. The van der Waals surface area contributed by atoms with Crippen molar-refractivity contribution in [3.63, 3.8) is 0 Å². The minimum atomic E-state index is -4.60. The third-order valence-electron chi connectivity index (χ3n) is 2.91. The zero-order valence-electron chi connectivity index (χ0n) is 13.7. The Morgan fingerprint density at radius 3 is 2.44 bits per heavy atom. The van der Waals surface area contributed by atoms with Gasteiger partial charge in [0.25, 0.3) is 5.91 Å². The fourth-order valence-corrected chi connectivity index (χ4v) is 2.10. The molecule has 9 heteroatoms. The van der Waals surface area contributed by atoms with Crippen LogP contribution in [0.25, 0.3) is 0 Å². The summed E-state index contributed by atoms with van der Waals surface area (Å²) >= 11 is 5.64. The van der Waals surface area contributed by atoms with E-state index in [1.165, 1.54) is 24.4 Å². The van der Waals surface area contributed by atoms with E-state index in [0.717, 1.165) is 6.07 Å². The Morgan fingerprint density at radius 1 is 1.16 bits per heavy atom. The lowest BCUT2D eigenvalue weighted by Gasteiger charge is -2.20. The first-order valence-corrected chi connectivity index (χ1v) is 7.63. The van der Waals surface area contributed by atoms with Crippen LogP contribution in [0, 0.1) is 0 Å². The first-order valence-electron chi connectivity index (χ1n) is 7.25. The van der Waals surface area contributed by atoms with Crippen LogP contribution in [-0.2, 0) is 6.18 Å². The predicted molar refractivity (Wildman–Crippen MR) is 89.0 cm³/mol. The highest BCUT2D eigenvalue weighted by molar-refractivity contribution is 6.30. The average molecular weight is 373 g/mol. The van der Waals surface area contributed by atoms with Crippen molar-refractivity contribution in [2.24, 2.45) is 0 Å². The summed E-state index contributed by atoms with van der Waals surface area (Å²) in [5.41, 5.74) is -1.65. The maximum Gasteiger partial charge on any atom is 0.418 e. The topological polar surface area (TPSA) is 66.9 Å². The van der Waals surface area contributed by atoms with Crippen molar-refractivity contribution in [2.75, 3.05) is 5.32 Å². The largest absolute Gasteiger partial charge is 0.418 e. The first kappa shape index (κ1) is 19.0. The number of nitrogens with one attached hydrogen (secondary N) is 2. The number of aromatic nitrogens is 2. The van der Waals surface area contributed by atoms with E-state index in [1.807, 2.05) is 0 Å². The molecule has 0 aliphatic carbocycles. The molecule has 0 aliphatic heterocycles. The molecule has 0 aliphatic rings. The van der Waals surface area contributed by atoms with Crippen molar-refractivity contribution in [1.29, 1.82) is 0 Å². The van der Waals surface area contributed by atoms with Crippen LogP contribution in [0.5, 0.6) is 0 Å². The smallest absolute Gasteiger partial charge is 0.346 e. The number of rotatable bonds is 3. The van der Waals surface area contributed by atoms with Crippen LogP contribution in [0.3, 0.4) is 0 Å². The van der Waals surface area contributed by atoms with Crippen molar-refractivity contribution < 1.29 is 18.0 Å². The molecule has 1 aromatic carbocycles. The van der Waals surface area contributed by atoms with Gasteiger partial charge in [0.1, 0.15) is 5.69 Å². The molecule has 0 unspecified atom stereocenters. The molecule has 0 fully saturated rings. The summed E-state index contributed by atoms with van der Waals surface area (Å²) in [5, 5.41) is 5.15. The second-order valence-corrected chi connectivity index (χ2v) is 6.72. The van der Waals surface area contributed by atoms with E-state index >= 15 is 0 Å². The Labute approximate surface area is 147 Å². The van der Waals surface area contributed by atoms with E-state index in [2.05, 4.69) is 20.6 Å². The summed E-state index contributed by atoms with van der Waals surface area (Å²) in [7, 11) is 0. The molecule has 1 aromatic heterocycles. The number of alkyl halides is 3. The number of anilines is 2. The Kier molecular flexibility index (Phi) is 5.22. The van der Waals surface area contributed by atoms with Crippen molar-refractivity contribution in [1.82, 2.24) is 15.3 Å². The van der Waals surface area contributed by atoms with Gasteiger partial charge in [0.05, 0.1) is 11.3 Å². The maximum absolute atomic E-state index is 13.1. The quantitative estimate of drug-likeness (QED) is 0.837. The van der Waals surface area contributed by atoms with E-state index in [4.69, 9.17) is 11.6 Å². The summed E-state index contributed by atoms with van der Waals surface area (Å²) in [5.74, 6) is -0.584. The number of nitrogens with zero attached hydrogens (tertiary/aromatic N) is 2. The number of carbonyl (C=O) groups is 1. The summed E-state index contributed by atoms with van der Waals surface area (Å²) in [4.78, 5) is 19.9. The third kappa shape index (κ3) is 5.32. The molecule has 2 aromatic rings. The fraction of sp³-hybridized carbons (Fsp3) is 0.312. The number of hydrogen-bond donors (Lipinski definition) is 2. The van der Waals surface area contributed by atoms with Gasteiger partial charge in [-0.3, -0.25) is 4.79 Å². The standard InChI is InChI=1S/C16H16ClF3N4O/c1-15(2,3)24-13(25)12-6-7-21-14(23-12)22-11-5-4-9(17)8-10(11)16(18,19)20/h4-8H,1-3H3,(H,24,25)(H,21,22,23). The van der Waals surface area contributed by atoms with Crippen molar-refractivity contribution in [3.8, 4) is 0 Å². The molecule has 0 saturated heterocycles. The van der Waals surface area contributed by atoms with Crippen molar-refractivity contribution in [2.45, 2.75) is 32.5 Å². The monoisotopic (exact) mass is 372 g/mol. The maximum atomic E-state index is 13.1. The molecular weight excluding hydrogens is 357 g/mol. The van der Waals surface area contributed by atoms with E-state index in [1.54, 1.807) is 20.8 Å². The van der Waals surface area contributed by atoms with Gasteiger partial charge >= 0.3 is 6.18 Å². The lowest BCUT2D eigenvalue weighted by Crippen LogP contribution is -2.41. The molecule has 0 radical (unpaired) electrons. The van der Waals surface area contributed by atoms with Gasteiger partial charge in [0.2, 0.25) is 5.95 Å². The normalized spacial score (nSPS) is 12.0. The number of amides is 1. The highest BCUT2D eigenvalue weighted by atomic mass is 35.5. The van der Waals surface area contributed by atoms with Crippen LogP contribution in [-0.4, -0.2) is 21.4 Å². The molecule has 2 N–H and O–H groups in total. The summed E-state index contributed by atoms with van der Waals surface area (Å²) < 4.78 is 39.4. The van der Waals surface area contributed by atoms with Crippen LogP contribution in [0.15, 0.2) is 30.5 Å². The molecule has 0 spiro atoms. The lowest BCUT2D eigenvalue weighted by molar-refractivity contribution is -0.136. The van der Waals surface area contributed by atoms with Gasteiger partial charge in [-0.1, -0.05) is 11.6 Å². The zero-order valence-corrected chi connectivity index (χ0v) is 14.5. The second-order valence-electron chi connectivity index (χ2n) is 6.28. The lowest BCUT2D eigenvalue weighted by atomic mass is 10.1.